The predicted octanol–water partition coefficient (Wildman–Crippen LogP) is 1.91. The van der Waals surface area contributed by atoms with Crippen molar-refractivity contribution in [2.24, 2.45) is 0 Å². The minimum atomic E-state index is -1.09. The van der Waals surface area contributed by atoms with Crippen molar-refractivity contribution in [2.75, 3.05) is 24.7 Å². The fourth-order valence-corrected chi connectivity index (χ4v) is 4.21. The first-order valence-corrected chi connectivity index (χ1v) is 9.00. The largest absolute Gasteiger partial charge is 0.477 e. The van der Waals surface area contributed by atoms with Gasteiger partial charge in [0.05, 0.1) is 11.7 Å². The molecule has 23 heavy (non-hydrogen) atoms. The van der Waals surface area contributed by atoms with Gasteiger partial charge in [-0.2, -0.15) is 11.8 Å². The molecule has 124 valence electrons. The molecule has 0 aromatic carbocycles. The molecule has 2 aliphatic rings. The van der Waals surface area contributed by atoms with E-state index in [4.69, 9.17) is 9.84 Å². The van der Waals surface area contributed by atoms with Crippen LogP contribution in [0.25, 0.3) is 0 Å². The van der Waals surface area contributed by atoms with Crippen molar-refractivity contribution in [3.05, 3.63) is 29.6 Å². The summed E-state index contributed by atoms with van der Waals surface area (Å²) in [7, 11) is 0. The first-order valence-electron chi connectivity index (χ1n) is 7.85. The maximum Gasteiger partial charge on any atom is 0.354 e. The van der Waals surface area contributed by atoms with Gasteiger partial charge in [0, 0.05) is 31.1 Å². The normalized spacial score (nSPS) is 23.8. The van der Waals surface area contributed by atoms with Gasteiger partial charge in [0.25, 0.3) is 5.91 Å². The maximum absolute atomic E-state index is 12.9. The van der Waals surface area contributed by atoms with Gasteiger partial charge >= 0.3 is 5.97 Å². The third kappa shape index (κ3) is 3.84. The lowest BCUT2D eigenvalue weighted by Crippen LogP contribution is -2.44. The second-order valence-corrected chi connectivity index (χ2v) is 7.00. The highest BCUT2D eigenvalue weighted by Crippen LogP contribution is 2.25. The van der Waals surface area contributed by atoms with Gasteiger partial charge in [0.1, 0.15) is 5.69 Å². The Morgan fingerprint density at radius 3 is 2.83 bits per heavy atom. The molecule has 1 aromatic rings. The van der Waals surface area contributed by atoms with Gasteiger partial charge in [0.15, 0.2) is 0 Å². The van der Waals surface area contributed by atoms with E-state index in [1.165, 1.54) is 12.3 Å². The number of aromatic nitrogens is 1. The molecule has 2 fully saturated rings. The smallest absolute Gasteiger partial charge is 0.354 e. The Kier molecular flexibility index (Phi) is 5.17. The number of amides is 1. The van der Waals surface area contributed by atoms with Gasteiger partial charge in [0.2, 0.25) is 0 Å². The van der Waals surface area contributed by atoms with Crippen LogP contribution in [0, 0.1) is 0 Å². The van der Waals surface area contributed by atoms with Crippen molar-refractivity contribution < 1.29 is 19.4 Å². The molecule has 6 nitrogen and oxygen atoms in total. The molecule has 3 rings (SSSR count). The van der Waals surface area contributed by atoms with E-state index in [1.54, 1.807) is 6.07 Å². The summed E-state index contributed by atoms with van der Waals surface area (Å²) < 4.78 is 5.69. The molecule has 0 bridgehead atoms. The van der Waals surface area contributed by atoms with Gasteiger partial charge in [-0.05, 0) is 37.1 Å². The Morgan fingerprint density at radius 2 is 2.26 bits per heavy atom. The quantitative estimate of drug-likeness (QED) is 0.885. The number of ether oxygens (including phenoxy) is 1. The van der Waals surface area contributed by atoms with Crippen LogP contribution in [0.4, 0.5) is 0 Å². The Bertz CT molecular complexity index is 566. The summed E-state index contributed by atoms with van der Waals surface area (Å²) >= 11 is 1.86. The summed E-state index contributed by atoms with van der Waals surface area (Å²) in [5.74, 6) is 0.833. The average Bonchev–Trinajstić information content (AvgIpc) is 3.25. The molecule has 1 aromatic heterocycles. The van der Waals surface area contributed by atoms with E-state index in [-0.39, 0.29) is 23.7 Å². The fourth-order valence-electron chi connectivity index (χ4n) is 2.99. The third-order valence-electron chi connectivity index (χ3n) is 4.26. The van der Waals surface area contributed by atoms with E-state index >= 15 is 0 Å². The zero-order chi connectivity index (χ0) is 16.2. The third-order valence-corrected chi connectivity index (χ3v) is 5.41. The Balaban J connectivity index is 1.76. The van der Waals surface area contributed by atoms with Crippen molar-refractivity contribution in [1.29, 1.82) is 0 Å². The zero-order valence-electron chi connectivity index (χ0n) is 12.8. The van der Waals surface area contributed by atoms with E-state index in [9.17, 15) is 9.59 Å². The summed E-state index contributed by atoms with van der Waals surface area (Å²) in [5.41, 5.74) is 0.383. The maximum atomic E-state index is 12.9. The zero-order valence-corrected chi connectivity index (χ0v) is 13.6. The standard InChI is InChI=1S/C16H20N2O4S/c19-15(11-3-4-14(16(20)21)17-8-11)18(12-5-7-23-10-12)9-13-2-1-6-22-13/h3-4,8,12-13H,1-2,5-7,9-10H2,(H,20,21)/t12-,13+/m1/s1. The SMILES string of the molecule is O=C(O)c1ccc(C(=O)N(C[C@@H]2CCCO2)[C@@H]2CCSC2)cn1. The molecule has 1 amide bonds. The summed E-state index contributed by atoms with van der Waals surface area (Å²) in [6.45, 7) is 1.37. The van der Waals surface area contributed by atoms with Crippen molar-refractivity contribution in [3.63, 3.8) is 0 Å². The average molecular weight is 336 g/mol. The first kappa shape index (κ1) is 16.3. The van der Waals surface area contributed by atoms with Crippen LogP contribution in [0.2, 0.25) is 0 Å². The molecule has 7 heteroatoms. The number of rotatable bonds is 5. The van der Waals surface area contributed by atoms with Crippen LogP contribution in [-0.4, -0.2) is 63.7 Å². The molecule has 2 aliphatic heterocycles. The molecule has 1 N–H and O–H groups in total. The number of pyridine rings is 1. The molecule has 0 spiro atoms. The van der Waals surface area contributed by atoms with Crippen LogP contribution in [0.15, 0.2) is 18.3 Å². The van der Waals surface area contributed by atoms with Crippen LogP contribution in [0.1, 0.15) is 40.1 Å². The summed E-state index contributed by atoms with van der Waals surface area (Å²) in [5, 5.41) is 8.91. The van der Waals surface area contributed by atoms with Crippen LogP contribution in [0.5, 0.6) is 0 Å². The minimum Gasteiger partial charge on any atom is -0.477 e. The number of thioether (sulfide) groups is 1. The first-order chi connectivity index (χ1) is 11.1. The molecule has 0 radical (unpaired) electrons. The van der Waals surface area contributed by atoms with Crippen molar-refractivity contribution in [2.45, 2.75) is 31.4 Å². The van der Waals surface area contributed by atoms with Gasteiger partial charge in [-0.15, -0.1) is 0 Å². The van der Waals surface area contributed by atoms with E-state index < -0.39 is 5.97 Å². The van der Waals surface area contributed by atoms with Crippen molar-refractivity contribution >= 4 is 23.6 Å². The van der Waals surface area contributed by atoms with E-state index in [0.717, 1.165) is 37.4 Å². The summed E-state index contributed by atoms with van der Waals surface area (Å²) in [6.07, 6.45) is 4.48. The highest BCUT2D eigenvalue weighted by atomic mass is 32.2. The second kappa shape index (κ2) is 7.31. The highest BCUT2D eigenvalue weighted by molar-refractivity contribution is 7.99. The predicted molar refractivity (Wildman–Crippen MR) is 86.9 cm³/mol. The number of carboxylic acids is 1. The molecule has 2 atom stereocenters. The monoisotopic (exact) mass is 336 g/mol. The van der Waals surface area contributed by atoms with E-state index in [2.05, 4.69) is 4.98 Å². The minimum absolute atomic E-state index is 0.0522. The van der Waals surface area contributed by atoms with Gasteiger partial charge in [-0.1, -0.05) is 0 Å². The molecule has 3 heterocycles. The number of hydrogen-bond donors (Lipinski definition) is 1. The lowest BCUT2D eigenvalue weighted by molar-refractivity contribution is 0.0441. The fraction of sp³-hybridized carbons (Fsp3) is 0.562. The molecule has 0 aliphatic carbocycles. The number of aromatic carboxylic acids is 1. The van der Waals surface area contributed by atoms with Gasteiger partial charge < -0.3 is 14.7 Å². The summed E-state index contributed by atoms with van der Waals surface area (Å²) in [4.78, 5) is 29.5. The lowest BCUT2D eigenvalue weighted by atomic mass is 10.1. The van der Waals surface area contributed by atoms with Crippen LogP contribution >= 0.6 is 11.8 Å². The van der Waals surface area contributed by atoms with Crippen molar-refractivity contribution in [1.82, 2.24) is 9.88 Å². The van der Waals surface area contributed by atoms with Crippen molar-refractivity contribution in [3.8, 4) is 0 Å². The number of carbonyl (C=O) groups excluding carboxylic acids is 1. The van der Waals surface area contributed by atoms with E-state index in [0.29, 0.717) is 12.1 Å². The summed E-state index contributed by atoms with van der Waals surface area (Å²) in [6, 6.07) is 3.14. The number of nitrogens with zero attached hydrogens (tertiary/aromatic N) is 2. The Morgan fingerprint density at radius 1 is 1.39 bits per heavy atom. The van der Waals surface area contributed by atoms with E-state index in [1.807, 2.05) is 16.7 Å². The Labute approximate surface area is 139 Å². The number of carboxylic acid groups (broad SMARTS) is 1. The molecular weight excluding hydrogens is 316 g/mol. The molecule has 0 unspecified atom stereocenters. The second-order valence-electron chi connectivity index (χ2n) is 5.85. The highest BCUT2D eigenvalue weighted by Gasteiger charge is 2.31. The number of hydrogen-bond acceptors (Lipinski definition) is 5. The van der Waals surface area contributed by atoms with Crippen LogP contribution < -0.4 is 0 Å². The van der Waals surface area contributed by atoms with Crippen LogP contribution in [0.3, 0.4) is 0 Å². The lowest BCUT2D eigenvalue weighted by Gasteiger charge is -2.30. The van der Waals surface area contributed by atoms with Gasteiger partial charge in [-0.3, -0.25) is 4.79 Å². The molecule has 0 saturated carbocycles. The molecular formula is C16H20N2O4S. The topological polar surface area (TPSA) is 79.7 Å². The molecule has 2 saturated heterocycles. The van der Waals surface area contributed by atoms with Gasteiger partial charge in [-0.25, -0.2) is 9.78 Å². The van der Waals surface area contributed by atoms with Crippen LogP contribution in [-0.2, 0) is 4.74 Å². The number of carbonyl (C=O) groups is 2. The Hall–Kier alpha value is -1.60.